The molecule has 3 fully saturated rings. The van der Waals surface area contributed by atoms with Crippen LogP contribution in [0.15, 0.2) is 35.9 Å². The molecule has 3 N–H and O–H groups in total. The first-order valence-corrected chi connectivity index (χ1v) is 17.9. The van der Waals surface area contributed by atoms with E-state index in [0.717, 1.165) is 19.5 Å². The minimum atomic E-state index is -3.67. The predicted octanol–water partition coefficient (Wildman–Crippen LogP) is 1.98. The van der Waals surface area contributed by atoms with Crippen molar-refractivity contribution in [2.24, 2.45) is 11.3 Å². The Labute approximate surface area is 221 Å². The van der Waals surface area contributed by atoms with Gasteiger partial charge in [0.15, 0.2) is 0 Å². The van der Waals surface area contributed by atoms with Crippen LogP contribution in [0.4, 0.5) is 0 Å². The van der Waals surface area contributed by atoms with Crippen molar-refractivity contribution in [1.29, 1.82) is 0 Å². The maximum absolute atomic E-state index is 11.3. The lowest BCUT2D eigenvalue weighted by atomic mass is 9.60. The van der Waals surface area contributed by atoms with Crippen LogP contribution < -0.4 is 5.32 Å². The fourth-order valence-electron chi connectivity index (χ4n) is 5.04. The Hall–Kier alpha value is -1.35. The van der Waals surface area contributed by atoms with E-state index in [1.807, 2.05) is 0 Å². The summed E-state index contributed by atoms with van der Waals surface area (Å²) < 4.78 is 74.3. The van der Waals surface area contributed by atoms with Crippen LogP contribution in [-0.4, -0.2) is 95.5 Å². The fraction of sp³-hybridized carbons (Fsp3) is 0.667. The Morgan fingerprint density at radius 1 is 1.00 bits per heavy atom. The highest BCUT2D eigenvalue weighted by atomic mass is 32.2. The number of hydrogen-bond acceptors (Lipinski definition) is 8. The van der Waals surface area contributed by atoms with Gasteiger partial charge in [0.25, 0.3) is 20.2 Å². The molecule has 13 heteroatoms. The lowest BCUT2D eigenvalue weighted by Gasteiger charge is -2.59. The molecule has 0 bridgehead atoms. The first kappa shape index (κ1) is 31.9. The van der Waals surface area contributed by atoms with Crippen LogP contribution in [0.2, 0.25) is 0 Å². The average Bonchev–Trinajstić information content (AvgIpc) is 3.42. The second-order valence-electron chi connectivity index (χ2n) is 10.5. The molecule has 0 aromatic heterocycles. The molecule has 1 heterocycles. The Bertz CT molecular complexity index is 1190. The van der Waals surface area contributed by atoms with E-state index in [4.69, 9.17) is 9.11 Å². The third kappa shape index (κ3) is 13.3. The molecule has 3 aliphatic rings. The standard InChI is InChI=1S/C22H32N2O2S.2CH4O3S/c1-3-18(11-17-7-5-4-6-8-17)20-12-21(20)23-19-13-22(14-19)15-24(16-22)9-10-27(2,25)26;2*1-5(2,3)4/h4-8,11,19-21,23H,3,9-10,12-16H2,1-2H3;2*1H3,(H,2,3,4)/b18-11+;;/t20-,21+;;/m0../s1. The minimum absolute atomic E-state index is 0.294. The van der Waals surface area contributed by atoms with Crippen LogP contribution in [0.5, 0.6) is 0 Å². The van der Waals surface area contributed by atoms with Crippen molar-refractivity contribution >= 4 is 36.1 Å². The molecule has 0 radical (unpaired) electrons. The van der Waals surface area contributed by atoms with E-state index in [-0.39, 0.29) is 0 Å². The molecule has 2 aliphatic carbocycles. The van der Waals surface area contributed by atoms with Gasteiger partial charge in [-0.05, 0) is 42.6 Å². The summed E-state index contributed by atoms with van der Waals surface area (Å²) in [7, 11) is -10.2. The number of nitrogens with zero attached hydrogens (tertiary/aromatic N) is 1. The Morgan fingerprint density at radius 3 is 1.97 bits per heavy atom. The van der Waals surface area contributed by atoms with E-state index in [1.54, 1.807) is 5.57 Å². The normalized spacial score (nSPS) is 23.6. The van der Waals surface area contributed by atoms with E-state index >= 15 is 0 Å². The van der Waals surface area contributed by atoms with Gasteiger partial charge in [0.05, 0.1) is 18.3 Å². The molecule has 212 valence electrons. The number of likely N-dealkylation sites (tertiary alicyclic amines) is 1. The molecule has 1 aromatic carbocycles. The Morgan fingerprint density at radius 2 is 1.51 bits per heavy atom. The van der Waals surface area contributed by atoms with E-state index in [2.05, 4.69) is 53.5 Å². The van der Waals surface area contributed by atoms with Gasteiger partial charge in [-0.15, -0.1) is 0 Å². The average molecular weight is 581 g/mol. The van der Waals surface area contributed by atoms with Gasteiger partial charge in [-0.2, -0.15) is 16.8 Å². The molecule has 2 atom stereocenters. The van der Waals surface area contributed by atoms with Crippen LogP contribution in [0.25, 0.3) is 6.08 Å². The Kier molecular flexibility index (Phi) is 10.9. The van der Waals surface area contributed by atoms with Gasteiger partial charge in [-0.25, -0.2) is 8.42 Å². The number of benzene rings is 1. The summed E-state index contributed by atoms with van der Waals surface area (Å²) >= 11 is 0. The van der Waals surface area contributed by atoms with Crippen molar-refractivity contribution < 1.29 is 34.4 Å². The number of hydrogen-bond donors (Lipinski definition) is 3. The third-order valence-corrected chi connectivity index (χ3v) is 7.46. The second kappa shape index (κ2) is 12.7. The molecule has 1 aliphatic heterocycles. The van der Waals surface area contributed by atoms with Gasteiger partial charge in [0.2, 0.25) is 0 Å². The van der Waals surface area contributed by atoms with E-state index < -0.39 is 30.1 Å². The molecule has 4 rings (SSSR count). The summed E-state index contributed by atoms with van der Waals surface area (Å²) in [6, 6.07) is 12.0. The second-order valence-corrected chi connectivity index (χ2v) is 15.7. The van der Waals surface area contributed by atoms with Crippen molar-refractivity contribution in [3.63, 3.8) is 0 Å². The predicted molar refractivity (Wildman–Crippen MR) is 146 cm³/mol. The third-order valence-electron chi connectivity index (χ3n) is 6.53. The van der Waals surface area contributed by atoms with Crippen LogP contribution in [0.1, 0.15) is 38.2 Å². The van der Waals surface area contributed by atoms with Crippen LogP contribution in [0.3, 0.4) is 0 Å². The van der Waals surface area contributed by atoms with Crippen LogP contribution >= 0.6 is 0 Å². The zero-order valence-electron chi connectivity index (χ0n) is 21.9. The zero-order valence-corrected chi connectivity index (χ0v) is 24.3. The van der Waals surface area contributed by atoms with Gasteiger partial charge < -0.3 is 10.2 Å². The van der Waals surface area contributed by atoms with E-state index in [1.165, 1.54) is 31.1 Å². The molecule has 0 amide bonds. The monoisotopic (exact) mass is 580 g/mol. The quantitative estimate of drug-likeness (QED) is 0.388. The molecule has 37 heavy (non-hydrogen) atoms. The van der Waals surface area contributed by atoms with E-state index in [0.29, 0.717) is 48.2 Å². The van der Waals surface area contributed by atoms with Crippen molar-refractivity contribution in [1.82, 2.24) is 10.2 Å². The number of rotatable bonds is 8. The van der Waals surface area contributed by atoms with Gasteiger partial charge in [-0.1, -0.05) is 48.9 Å². The maximum atomic E-state index is 11.3. The van der Waals surface area contributed by atoms with Crippen molar-refractivity contribution in [2.75, 3.05) is 44.2 Å². The largest absolute Gasteiger partial charge is 0.311 e. The van der Waals surface area contributed by atoms with Gasteiger partial charge in [0, 0.05) is 38.0 Å². The highest BCUT2D eigenvalue weighted by Gasteiger charge is 2.53. The van der Waals surface area contributed by atoms with Crippen LogP contribution in [-0.2, 0) is 30.1 Å². The summed E-state index contributed by atoms with van der Waals surface area (Å²) in [5.41, 5.74) is 3.36. The smallest absolute Gasteiger partial charge is 0.261 e. The van der Waals surface area contributed by atoms with Gasteiger partial charge in [-0.3, -0.25) is 9.11 Å². The topological polar surface area (TPSA) is 158 Å². The zero-order chi connectivity index (χ0) is 28.1. The summed E-state index contributed by atoms with van der Waals surface area (Å²) in [5.74, 6) is 1.00. The number of nitrogens with one attached hydrogen (secondary N) is 1. The van der Waals surface area contributed by atoms with Crippen molar-refractivity contribution in [3.8, 4) is 0 Å². The summed E-state index contributed by atoms with van der Waals surface area (Å²) in [4.78, 5) is 2.30. The van der Waals surface area contributed by atoms with Crippen LogP contribution in [0, 0.1) is 11.3 Å². The number of sulfone groups is 1. The van der Waals surface area contributed by atoms with Crippen molar-refractivity contribution in [2.45, 2.75) is 44.7 Å². The van der Waals surface area contributed by atoms with Gasteiger partial charge in [0.1, 0.15) is 9.84 Å². The lowest BCUT2D eigenvalue weighted by Crippen LogP contribution is -2.66. The summed E-state index contributed by atoms with van der Waals surface area (Å²) in [6.45, 7) is 5.14. The SMILES string of the molecule is CC/C(=C\c1ccccc1)[C@@H]1C[C@H]1NC1CC2(C1)CN(CCS(C)(=O)=O)C2.CS(=O)(=O)O.CS(=O)(=O)O. The van der Waals surface area contributed by atoms with Crippen molar-refractivity contribution in [3.05, 3.63) is 41.5 Å². The summed E-state index contributed by atoms with van der Waals surface area (Å²) in [6.07, 6.45) is 10.1. The molecule has 1 saturated heterocycles. The maximum Gasteiger partial charge on any atom is 0.261 e. The fourth-order valence-corrected chi connectivity index (χ4v) is 5.63. The van der Waals surface area contributed by atoms with E-state index in [9.17, 15) is 25.3 Å². The molecule has 0 unspecified atom stereocenters. The first-order chi connectivity index (χ1) is 16.9. The first-order valence-electron chi connectivity index (χ1n) is 12.1. The molecule has 2 saturated carbocycles. The molecular formula is C24H40N2O8S3. The lowest BCUT2D eigenvalue weighted by molar-refractivity contribution is -0.0759. The molecule has 10 nitrogen and oxygen atoms in total. The minimum Gasteiger partial charge on any atom is -0.311 e. The highest BCUT2D eigenvalue weighted by molar-refractivity contribution is 7.90. The Balaban J connectivity index is 0.000000412. The molecule has 1 spiro atoms. The summed E-state index contributed by atoms with van der Waals surface area (Å²) in [5, 5.41) is 3.88. The molecule has 1 aromatic rings. The van der Waals surface area contributed by atoms with Gasteiger partial charge >= 0.3 is 0 Å². The molecular weight excluding hydrogens is 540 g/mol. The highest BCUT2D eigenvalue weighted by Crippen LogP contribution is 2.50.